The van der Waals surface area contributed by atoms with Crippen molar-refractivity contribution in [1.29, 1.82) is 5.41 Å². The van der Waals surface area contributed by atoms with Crippen LogP contribution in [0.4, 0.5) is 0 Å². The maximum atomic E-state index is 13.1. The molecule has 4 N–H and O–H groups in total. The molecular formula is C23H25N3O4S. The fraction of sp³-hybridized carbons (Fsp3) is 0.217. The highest BCUT2D eigenvalue weighted by Crippen LogP contribution is 2.20. The maximum Gasteiger partial charge on any atom is 0.324 e. The Kier molecular flexibility index (Phi) is 6.72. The second-order valence-electron chi connectivity index (χ2n) is 7.49. The fourth-order valence-corrected chi connectivity index (χ4v) is 4.40. The molecule has 8 heteroatoms. The van der Waals surface area contributed by atoms with E-state index < -0.39 is 28.1 Å². The lowest BCUT2D eigenvalue weighted by atomic mass is 10.0. The summed E-state index contributed by atoms with van der Waals surface area (Å²) < 4.78 is 33.9. The molecule has 0 amide bonds. The first kappa shape index (κ1) is 22.5. The summed E-state index contributed by atoms with van der Waals surface area (Å²) in [5.41, 5.74) is 6.69. The van der Waals surface area contributed by atoms with Gasteiger partial charge in [-0.05, 0) is 54.8 Å². The number of benzene rings is 3. The van der Waals surface area contributed by atoms with E-state index in [1.54, 1.807) is 50.2 Å². The van der Waals surface area contributed by atoms with Crippen molar-refractivity contribution in [2.24, 2.45) is 5.73 Å². The van der Waals surface area contributed by atoms with Crippen LogP contribution in [0, 0.1) is 5.41 Å². The Labute approximate surface area is 181 Å². The van der Waals surface area contributed by atoms with Gasteiger partial charge in [0.25, 0.3) is 0 Å². The number of amidine groups is 1. The first-order valence-corrected chi connectivity index (χ1v) is 11.3. The molecule has 1 unspecified atom stereocenters. The van der Waals surface area contributed by atoms with E-state index in [2.05, 4.69) is 4.72 Å². The number of rotatable bonds is 8. The fourth-order valence-electron chi connectivity index (χ4n) is 3.18. The summed E-state index contributed by atoms with van der Waals surface area (Å²) in [6.45, 7) is 3.40. The summed E-state index contributed by atoms with van der Waals surface area (Å²) >= 11 is 0. The Morgan fingerprint density at radius 2 is 1.74 bits per heavy atom. The SMILES string of the molecule is CC(C)OC(=O)C(Cc1cccc(C(=N)N)c1)NS(=O)(=O)c1ccc2ccccc2c1. The van der Waals surface area contributed by atoms with Gasteiger partial charge in [0.05, 0.1) is 11.0 Å². The van der Waals surface area contributed by atoms with Crippen molar-refractivity contribution < 1.29 is 17.9 Å². The summed E-state index contributed by atoms with van der Waals surface area (Å²) in [7, 11) is -4.00. The number of hydrogen-bond acceptors (Lipinski definition) is 5. The molecule has 0 fully saturated rings. The Morgan fingerprint density at radius 1 is 1.03 bits per heavy atom. The van der Waals surface area contributed by atoms with E-state index in [1.807, 2.05) is 24.3 Å². The lowest BCUT2D eigenvalue weighted by molar-refractivity contribution is -0.149. The van der Waals surface area contributed by atoms with E-state index in [4.69, 9.17) is 15.9 Å². The third-order valence-electron chi connectivity index (χ3n) is 4.64. The molecule has 3 rings (SSSR count). The summed E-state index contributed by atoms with van der Waals surface area (Å²) in [5.74, 6) is -0.785. The van der Waals surface area contributed by atoms with Gasteiger partial charge in [0, 0.05) is 5.56 Å². The van der Waals surface area contributed by atoms with Crippen molar-refractivity contribution >= 4 is 32.6 Å². The number of hydrogen-bond donors (Lipinski definition) is 3. The van der Waals surface area contributed by atoms with Crippen molar-refractivity contribution in [3.63, 3.8) is 0 Å². The molecule has 0 aromatic heterocycles. The minimum atomic E-state index is -4.00. The lowest BCUT2D eigenvalue weighted by Crippen LogP contribution is -2.44. The van der Waals surface area contributed by atoms with Crippen LogP contribution in [0.25, 0.3) is 10.8 Å². The van der Waals surface area contributed by atoms with Gasteiger partial charge in [-0.2, -0.15) is 4.72 Å². The topological polar surface area (TPSA) is 122 Å². The molecule has 3 aromatic carbocycles. The van der Waals surface area contributed by atoms with Crippen molar-refractivity contribution in [2.75, 3.05) is 0 Å². The van der Waals surface area contributed by atoms with Gasteiger partial charge in [-0.3, -0.25) is 10.2 Å². The number of nitrogens with one attached hydrogen (secondary N) is 2. The monoisotopic (exact) mass is 439 g/mol. The third kappa shape index (κ3) is 5.68. The van der Waals surface area contributed by atoms with Crippen molar-refractivity contribution in [1.82, 2.24) is 4.72 Å². The zero-order chi connectivity index (χ0) is 22.6. The van der Waals surface area contributed by atoms with Crippen LogP contribution in [-0.2, 0) is 26.0 Å². The molecule has 162 valence electrons. The van der Waals surface area contributed by atoms with Crippen LogP contribution in [0.1, 0.15) is 25.0 Å². The zero-order valence-electron chi connectivity index (χ0n) is 17.3. The van der Waals surface area contributed by atoms with Crippen LogP contribution in [0.3, 0.4) is 0 Å². The quantitative estimate of drug-likeness (QED) is 0.283. The van der Waals surface area contributed by atoms with E-state index in [0.717, 1.165) is 10.8 Å². The minimum absolute atomic E-state index is 0.0550. The number of sulfonamides is 1. The minimum Gasteiger partial charge on any atom is -0.462 e. The van der Waals surface area contributed by atoms with Gasteiger partial charge in [0.1, 0.15) is 11.9 Å². The number of carbonyl (C=O) groups is 1. The Bertz CT molecular complexity index is 1220. The Balaban J connectivity index is 1.91. The Hall–Kier alpha value is -3.23. The van der Waals surface area contributed by atoms with Gasteiger partial charge in [-0.1, -0.05) is 48.5 Å². The molecular weight excluding hydrogens is 414 g/mol. The molecule has 0 aliphatic rings. The van der Waals surface area contributed by atoms with E-state index in [-0.39, 0.29) is 17.2 Å². The van der Waals surface area contributed by atoms with Crippen LogP contribution in [0.2, 0.25) is 0 Å². The highest BCUT2D eigenvalue weighted by atomic mass is 32.2. The smallest absolute Gasteiger partial charge is 0.324 e. The molecule has 0 radical (unpaired) electrons. The van der Waals surface area contributed by atoms with Gasteiger partial charge in [-0.25, -0.2) is 8.42 Å². The standard InChI is InChI=1S/C23H25N3O4S/c1-15(2)30-23(27)21(13-16-6-5-9-19(12-16)22(24)25)26-31(28,29)20-11-10-17-7-3-4-8-18(17)14-20/h3-12,14-15,21,26H,13H2,1-2H3,(H3,24,25). The van der Waals surface area contributed by atoms with Gasteiger partial charge in [0.2, 0.25) is 10.0 Å². The highest BCUT2D eigenvalue weighted by Gasteiger charge is 2.28. The molecule has 0 bridgehead atoms. The number of nitrogen functional groups attached to an aromatic ring is 1. The first-order valence-electron chi connectivity index (χ1n) is 9.80. The summed E-state index contributed by atoms with van der Waals surface area (Å²) in [5, 5.41) is 9.28. The second-order valence-corrected chi connectivity index (χ2v) is 9.20. The van der Waals surface area contributed by atoms with Crippen LogP contribution in [0.5, 0.6) is 0 Å². The molecule has 0 aliphatic carbocycles. The molecule has 3 aromatic rings. The largest absolute Gasteiger partial charge is 0.462 e. The molecule has 0 saturated heterocycles. The number of esters is 1. The van der Waals surface area contributed by atoms with Gasteiger partial charge in [0.15, 0.2) is 0 Å². The van der Waals surface area contributed by atoms with E-state index in [9.17, 15) is 13.2 Å². The van der Waals surface area contributed by atoms with Crippen LogP contribution < -0.4 is 10.5 Å². The summed E-state index contributed by atoms with van der Waals surface area (Å²) in [4.78, 5) is 12.7. The average molecular weight is 440 g/mol. The van der Waals surface area contributed by atoms with Crippen LogP contribution in [0.15, 0.2) is 71.6 Å². The molecule has 0 spiro atoms. The first-order chi connectivity index (χ1) is 14.7. The average Bonchev–Trinajstić information content (AvgIpc) is 2.72. The van der Waals surface area contributed by atoms with Crippen LogP contribution in [-0.4, -0.2) is 32.4 Å². The van der Waals surface area contributed by atoms with E-state index in [0.29, 0.717) is 11.1 Å². The Morgan fingerprint density at radius 3 is 2.42 bits per heavy atom. The van der Waals surface area contributed by atoms with Gasteiger partial charge >= 0.3 is 5.97 Å². The van der Waals surface area contributed by atoms with Crippen molar-refractivity contribution in [2.45, 2.75) is 37.3 Å². The molecule has 0 aliphatic heterocycles. The zero-order valence-corrected chi connectivity index (χ0v) is 18.1. The predicted molar refractivity (Wildman–Crippen MR) is 120 cm³/mol. The number of fused-ring (bicyclic) bond motifs is 1. The van der Waals surface area contributed by atoms with Crippen LogP contribution >= 0.6 is 0 Å². The normalized spacial score (nSPS) is 12.6. The molecule has 0 saturated carbocycles. The number of carbonyl (C=O) groups excluding carboxylic acids is 1. The third-order valence-corrected chi connectivity index (χ3v) is 6.11. The molecule has 7 nitrogen and oxygen atoms in total. The predicted octanol–water partition coefficient (Wildman–Crippen LogP) is 2.97. The molecule has 1 atom stereocenters. The van der Waals surface area contributed by atoms with Gasteiger partial charge < -0.3 is 10.5 Å². The van der Waals surface area contributed by atoms with Crippen molar-refractivity contribution in [3.05, 3.63) is 77.9 Å². The lowest BCUT2D eigenvalue weighted by Gasteiger charge is -2.20. The molecule has 0 heterocycles. The highest BCUT2D eigenvalue weighted by molar-refractivity contribution is 7.89. The van der Waals surface area contributed by atoms with E-state index >= 15 is 0 Å². The van der Waals surface area contributed by atoms with E-state index in [1.165, 1.54) is 6.07 Å². The summed E-state index contributed by atoms with van der Waals surface area (Å²) in [6, 6.07) is 17.9. The number of nitrogens with two attached hydrogens (primary N) is 1. The maximum absolute atomic E-state index is 13.1. The number of ether oxygens (including phenoxy) is 1. The molecule has 31 heavy (non-hydrogen) atoms. The van der Waals surface area contributed by atoms with Crippen molar-refractivity contribution in [3.8, 4) is 0 Å². The second kappa shape index (κ2) is 9.28. The van der Waals surface area contributed by atoms with Gasteiger partial charge in [-0.15, -0.1) is 0 Å². The summed E-state index contributed by atoms with van der Waals surface area (Å²) in [6.07, 6.45) is -0.344.